The zero-order valence-electron chi connectivity index (χ0n) is 10.1. The molecule has 0 aliphatic carbocycles. The Morgan fingerprint density at radius 3 is 2.53 bits per heavy atom. The molecule has 0 fully saturated rings. The van der Waals surface area contributed by atoms with Gasteiger partial charge in [-0.15, -0.1) is 0 Å². The van der Waals surface area contributed by atoms with Crippen LogP contribution in [0.1, 0.15) is 11.1 Å². The first kappa shape index (κ1) is 12.4. The van der Waals surface area contributed by atoms with E-state index in [4.69, 9.17) is 16.3 Å². The number of benzene rings is 1. The molecule has 3 N–H and O–H groups in total. The molecule has 0 saturated carbocycles. The van der Waals surface area contributed by atoms with Gasteiger partial charge in [0, 0.05) is 11.9 Å². The van der Waals surface area contributed by atoms with Crippen molar-refractivity contribution >= 4 is 17.2 Å². The van der Waals surface area contributed by atoms with Gasteiger partial charge in [-0.25, -0.2) is 4.98 Å². The van der Waals surface area contributed by atoms with Crippen molar-refractivity contribution in [3.8, 4) is 12.1 Å². The van der Waals surface area contributed by atoms with Crippen LogP contribution in [0.5, 0.6) is 0 Å². The molecule has 1 heterocycles. The molecule has 0 aliphatic rings. The zero-order valence-corrected chi connectivity index (χ0v) is 10.1. The molecular formula is C14H11N5. The van der Waals surface area contributed by atoms with Gasteiger partial charge in [0.05, 0.1) is 23.7 Å². The lowest BCUT2D eigenvalue weighted by Gasteiger charge is -2.09. The molecule has 0 amide bonds. The summed E-state index contributed by atoms with van der Waals surface area (Å²) < 4.78 is 0. The molecule has 0 saturated heterocycles. The first-order chi connectivity index (χ1) is 9.24. The Morgan fingerprint density at radius 1 is 1.16 bits per heavy atom. The van der Waals surface area contributed by atoms with Crippen LogP contribution in [0, 0.1) is 22.7 Å². The van der Waals surface area contributed by atoms with E-state index in [0.29, 0.717) is 23.5 Å². The summed E-state index contributed by atoms with van der Waals surface area (Å²) in [6.45, 7) is 0. The van der Waals surface area contributed by atoms with E-state index in [0.717, 1.165) is 11.3 Å². The summed E-state index contributed by atoms with van der Waals surface area (Å²) in [6, 6.07) is 13.1. The molecule has 2 aromatic rings. The van der Waals surface area contributed by atoms with Gasteiger partial charge in [-0.1, -0.05) is 12.1 Å². The van der Waals surface area contributed by atoms with Gasteiger partial charge < -0.3 is 11.1 Å². The van der Waals surface area contributed by atoms with Crippen molar-refractivity contribution in [3.63, 3.8) is 0 Å². The number of nitrogens with two attached hydrogens (primary N) is 1. The average Bonchev–Trinajstić information content (AvgIpc) is 2.43. The van der Waals surface area contributed by atoms with Crippen molar-refractivity contribution in [2.75, 3.05) is 11.1 Å². The number of pyridine rings is 1. The third kappa shape index (κ3) is 2.80. The fourth-order valence-electron chi connectivity index (χ4n) is 1.60. The highest BCUT2D eigenvalue weighted by Gasteiger charge is 2.06. The number of nitriles is 2. The first-order valence-electron chi connectivity index (χ1n) is 5.62. The van der Waals surface area contributed by atoms with Crippen LogP contribution in [-0.2, 0) is 6.42 Å². The lowest BCUT2D eigenvalue weighted by molar-refractivity contribution is 1.26. The lowest BCUT2D eigenvalue weighted by Crippen LogP contribution is -2.01. The number of anilines is 3. The highest BCUT2D eigenvalue weighted by Crippen LogP contribution is 2.23. The van der Waals surface area contributed by atoms with Crippen molar-refractivity contribution < 1.29 is 0 Å². The maximum atomic E-state index is 8.89. The molecule has 2 rings (SSSR count). The van der Waals surface area contributed by atoms with Crippen molar-refractivity contribution in [1.29, 1.82) is 10.5 Å². The van der Waals surface area contributed by atoms with Gasteiger partial charge in [-0.3, -0.25) is 0 Å². The third-order valence-electron chi connectivity index (χ3n) is 2.61. The fraction of sp³-hybridized carbons (Fsp3) is 0.0714. The second-order valence-corrected chi connectivity index (χ2v) is 3.89. The largest absolute Gasteiger partial charge is 0.395 e. The van der Waals surface area contributed by atoms with E-state index in [2.05, 4.69) is 16.4 Å². The Labute approximate surface area is 110 Å². The van der Waals surface area contributed by atoms with Gasteiger partial charge in [0.15, 0.2) is 5.82 Å². The minimum absolute atomic E-state index is 0.325. The quantitative estimate of drug-likeness (QED) is 0.869. The van der Waals surface area contributed by atoms with E-state index < -0.39 is 0 Å². The Balaban J connectivity index is 2.22. The third-order valence-corrected chi connectivity index (χ3v) is 2.61. The SMILES string of the molecule is N#CCc1ccc(Nc2nccc(C#N)c2N)cc1. The molecule has 19 heavy (non-hydrogen) atoms. The fourth-order valence-corrected chi connectivity index (χ4v) is 1.60. The number of hydrogen-bond acceptors (Lipinski definition) is 5. The number of nitrogen functional groups attached to an aromatic ring is 1. The van der Waals surface area contributed by atoms with Gasteiger partial charge in [0.2, 0.25) is 0 Å². The number of rotatable bonds is 3. The van der Waals surface area contributed by atoms with Crippen LogP contribution in [0.3, 0.4) is 0 Å². The maximum absolute atomic E-state index is 8.89. The number of nitrogens with one attached hydrogen (secondary N) is 1. The smallest absolute Gasteiger partial charge is 0.154 e. The van der Waals surface area contributed by atoms with E-state index in [1.54, 1.807) is 6.07 Å². The van der Waals surface area contributed by atoms with Crippen molar-refractivity contribution in [1.82, 2.24) is 4.98 Å². The molecule has 0 atom stereocenters. The Hall–Kier alpha value is -3.05. The molecule has 0 aliphatic heterocycles. The molecule has 0 radical (unpaired) electrons. The minimum atomic E-state index is 0.325. The van der Waals surface area contributed by atoms with Crippen LogP contribution in [0.2, 0.25) is 0 Å². The van der Waals surface area contributed by atoms with Crippen LogP contribution in [-0.4, -0.2) is 4.98 Å². The number of hydrogen-bond donors (Lipinski definition) is 2. The topological polar surface area (TPSA) is 98.5 Å². The predicted octanol–water partition coefficient (Wildman–Crippen LogP) is 2.35. The van der Waals surface area contributed by atoms with Crippen LogP contribution in [0.4, 0.5) is 17.2 Å². The number of aromatic nitrogens is 1. The van der Waals surface area contributed by atoms with E-state index in [1.165, 1.54) is 6.20 Å². The summed E-state index contributed by atoms with van der Waals surface area (Å²) in [7, 11) is 0. The van der Waals surface area contributed by atoms with E-state index in [1.807, 2.05) is 30.3 Å². The lowest BCUT2D eigenvalue weighted by atomic mass is 10.1. The molecule has 92 valence electrons. The maximum Gasteiger partial charge on any atom is 0.154 e. The summed E-state index contributed by atoms with van der Waals surface area (Å²) >= 11 is 0. The Kier molecular flexibility index (Phi) is 3.61. The molecule has 1 aromatic carbocycles. The molecule has 5 nitrogen and oxygen atoms in total. The summed E-state index contributed by atoms with van der Waals surface area (Å²) in [6.07, 6.45) is 1.91. The molecule has 0 bridgehead atoms. The minimum Gasteiger partial charge on any atom is -0.395 e. The molecule has 0 spiro atoms. The van der Waals surface area contributed by atoms with Gasteiger partial charge in [0.25, 0.3) is 0 Å². The van der Waals surface area contributed by atoms with Crippen LogP contribution < -0.4 is 11.1 Å². The summed E-state index contributed by atoms with van der Waals surface area (Å²) in [5.74, 6) is 0.451. The van der Waals surface area contributed by atoms with Crippen LogP contribution in [0.15, 0.2) is 36.5 Å². The monoisotopic (exact) mass is 249 g/mol. The van der Waals surface area contributed by atoms with E-state index >= 15 is 0 Å². The van der Waals surface area contributed by atoms with E-state index in [9.17, 15) is 0 Å². The van der Waals surface area contributed by atoms with Crippen LogP contribution >= 0.6 is 0 Å². The number of nitrogens with zero attached hydrogens (tertiary/aromatic N) is 3. The van der Waals surface area contributed by atoms with Crippen LogP contribution in [0.25, 0.3) is 0 Å². The second kappa shape index (κ2) is 5.52. The molecule has 1 aromatic heterocycles. The van der Waals surface area contributed by atoms with Gasteiger partial charge >= 0.3 is 0 Å². The Bertz CT molecular complexity index is 662. The van der Waals surface area contributed by atoms with Crippen molar-refractivity contribution in [2.24, 2.45) is 0 Å². The summed E-state index contributed by atoms with van der Waals surface area (Å²) in [5, 5.41) is 20.5. The second-order valence-electron chi connectivity index (χ2n) is 3.89. The molecular weight excluding hydrogens is 238 g/mol. The zero-order chi connectivity index (χ0) is 13.7. The first-order valence-corrected chi connectivity index (χ1v) is 5.62. The van der Waals surface area contributed by atoms with Crippen molar-refractivity contribution in [3.05, 3.63) is 47.7 Å². The Morgan fingerprint density at radius 2 is 1.89 bits per heavy atom. The average molecular weight is 249 g/mol. The highest BCUT2D eigenvalue weighted by atomic mass is 15.0. The van der Waals surface area contributed by atoms with Crippen molar-refractivity contribution in [2.45, 2.75) is 6.42 Å². The standard InChI is InChI=1S/C14H11N5/c15-7-5-10-1-3-12(4-2-10)19-14-13(17)11(9-16)6-8-18-14/h1-4,6,8H,5,17H2,(H,18,19). The summed E-state index contributed by atoms with van der Waals surface area (Å²) in [4.78, 5) is 4.10. The van der Waals surface area contributed by atoms with E-state index in [-0.39, 0.29) is 0 Å². The summed E-state index contributed by atoms with van der Waals surface area (Å²) in [5.41, 5.74) is 8.29. The van der Waals surface area contributed by atoms with Gasteiger partial charge in [-0.2, -0.15) is 10.5 Å². The van der Waals surface area contributed by atoms with Gasteiger partial charge in [0.1, 0.15) is 6.07 Å². The predicted molar refractivity (Wildman–Crippen MR) is 72.4 cm³/mol. The normalized spacial score (nSPS) is 9.37. The van der Waals surface area contributed by atoms with Gasteiger partial charge in [-0.05, 0) is 23.8 Å². The highest BCUT2D eigenvalue weighted by molar-refractivity contribution is 5.73. The molecule has 5 heteroatoms. The molecule has 0 unspecified atom stereocenters.